The predicted molar refractivity (Wildman–Crippen MR) is 116 cm³/mol. The van der Waals surface area contributed by atoms with Crippen molar-refractivity contribution >= 4 is 5.97 Å². The van der Waals surface area contributed by atoms with Gasteiger partial charge >= 0.3 is 5.97 Å². The molecule has 0 amide bonds. The summed E-state index contributed by atoms with van der Waals surface area (Å²) in [6.45, 7) is 3.71. The highest BCUT2D eigenvalue weighted by Crippen LogP contribution is 2.16. The van der Waals surface area contributed by atoms with E-state index in [1.54, 1.807) is 0 Å². The standard InChI is InChI=1S/C25H40O2/c1-3-4-5-6-7-8-9-10-11-12-13-14-15-16-17-19-24-20-18-21-25(22-24)27-23(2)26/h8-9,18,20-22H,3-7,10-17,19H2,1-2H3/b9-8-. The summed E-state index contributed by atoms with van der Waals surface area (Å²) in [5, 5.41) is 0. The number of allylic oxidation sites excluding steroid dienone is 2. The zero-order chi connectivity index (χ0) is 19.6. The Hall–Kier alpha value is -1.57. The second kappa shape index (κ2) is 16.6. The van der Waals surface area contributed by atoms with E-state index in [0.29, 0.717) is 5.75 Å². The summed E-state index contributed by atoms with van der Waals surface area (Å²) in [6.07, 6.45) is 23.1. The van der Waals surface area contributed by atoms with E-state index in [0.717, 1.165) is 6.42 Å². The van der Waals surface area contributed by atoms with Gasteiger partial charge in [-0.25, -0.2) is 0 Å². The number of aryl methyl sites for hydroxylation is 1. The van der Waals surface area contributed by atoms with Crippen molar-refractivity contribution in [2.45, 2.75) is 104 Å². The molecular formula is C25H40O2. The average molecular weight is 373 g/mol. The van der Waals surface area contributed by atoms with Crippen molar-refractivity contribution in [2.75, 3.05) is 0 Å². The molecule has 0 bridgehead atoms. The summed E-state index contributed by atoms with van der Waals surface area (Å²) in [5.41, 5.74) is 1.26. The maximum Gasteiger partial charge on any atom is 0.308 e. The number of hydrogen-bond donors (Lipinski definition) is 0. The number of carbonyl (C=O) groups excluding carboxylic acids is 1. The van der Waals surface area contributed by atoms with Gasteiger partial charge in [0.15, 0.2) is 0 Å². The lowest BCUT2D eigenvalue weighted by atomic mass is 10.0. The summed E-state index contributed by atoms with van der Waals surface area (Å²) in [6, 6.07) is 7.91. The number of unbranched alkanes of at least 4 members (excludes halogenated alkanes) is 11. The van der Waals surface area contributed by atoms with Crippen molar-refractivity contribution in [3.05, 3.63) is 42.0 Å². The first-order chi connectivity index (χ1) is 13.2. The smallest absolute Gasteiger partial charge is 0.308 e. The molecule has 1 aromatic carbocycles. The van der Waals surface area contributed by atoms with E-state index in [-0.39, 0.29) is 5.97 Å². The number of hydrogen-bond acceptors (Lipinski definition) is 2. The van der Waals surface area contributed by atoms with Gasteiger partial charge in [-0.05, 0) is 56.2 Å². The molecule has 0 aliphatic carbocycles. The number of benzene rings is 1. The molecule has 0 radical (unpaired) electrons. The van der Waals surface area contributed by atoms with Crippen LogP contribution in [0.3, 0.4) is 0 Å². The quantitative estimate of drug-likeness (QED) is 0.128. The second-order valence-corrected chi connectivity index (χ2v) is 7.58. The molecule has 0 atom stereocenters. The van der Waals surface area contributed by atoms with E-state index in [9.17, 15) is 4.79 Å². The number of esters is 1. The third kappa shape index (κ3) is 14.2. The molecule has 152 valence electrons. The van der Waals surface area contributed by atoms with E-state index in [1.807, 2.05) is 18.2 Å². The van der Waals surface area contributed by atoms with E-state index in [2.05, 4.69) is 25.1 Å². The molecule has 0 aromatic heterocycles. The van der Waals surface area contributed by atoms with Gasteiger partial charge in [-0.15, -0.1) is 0 Å². The van der Waals surface area contributed by atoms with Crippen LogP contribution in [0, 0.1) is 0 Å². The molecule has 0 spiro atoms. The zero-order valence-corrected chi connectivity index (χ0v) is 17.7. The van der Waals surface area contributed by atoms with Crippen LogP contribution in [0.15, 0.2) is 36.4 Å². The van der Waals surface area contributed by atoms with Crippen LogP contribution in [0.2, 0.25) is 0 Å². The Kier molecular flexibility index (Phi) is 14.4. The van der Waals surface area contributed by atoms with E-state index in [1.165, 1.54) is 96.0 Å². The number of carbonyl (C=O) groups is 1. The fraction of sp³-hybridized carbons (Fsp3) is 0.640. The monoisotopic (exact) mass is 372 g/mol. The maximum atomic E-state index is 11.0. The van der Waals surface area contributed by atoms with Gasteiger partial charge in [0.25, 0.3) is 0 Å². The van der Waals surface area contributed by atoms with E-state index < -0.39 is 0 Å². The molecule has 0 saturated carbocycles. The highest BCUT2D eigenvalue weighted by atomic mass is 16.5. The van der Waals surface area contributed by atoms with Gasteiger partial charge in [0.2, 0.25) is 0 Å². The molecule has 1 aromatic rings. The van der Waals surface area contributed by atoms with Crippen molar-refractivity contribution < 1.29 is 9.53 Å². The van der Waals surface area contributed by atoms with Crippen LogP contribution >= 0.6 is 0 Å². The predicted octanol–water partition coefficient (Wildman–Crippen LogP) is 7.80. The minimum Gasteiger partial charge on any atom is -0.427 e. The van der Waals surface area contributed by atoms with Gasteiger partial charge in [0.1, 0.15) is 5.75 Å². The molecule has 0 unspecified atom stereocenters. The Bertz CT molecular complexity index is 519. The maximum absolute atomic E-state index is 11.0. The van der Waals surface area contributed by atoms with Crippen LogP contribution < -0.4 is 4.74 Å². The minimum absolute atomic E-state index is 0.255. The molecule has 0 aliphatic rings. The first-order valence-corrected chi connectivity index (χ1v) is 11.1. The average Bonchev–Trinajstić information content (AvgIpc) is 2.64. The summed E-state index contributed by atoms with van der Waals surface area (Å²) in [5.74, 6) is 0.407. The lowest BCUT2D eigenvalue weighted by Crippen LogP contribution is -2.01. The lowest BCUT2D eigenvalue weighted by molar-refractivity contribution is -0.131. The molecule has 0 aliphatic heterocycles. The lowest BCUT2D eigenvalue weighted by Gasteiger charge is -2.05. The van der Waals surface area contributed by atoms with Crippen molar-refractivity contribution in [3.63, 3.8) is 0 Å². The van der Waals surface area contributed by atoms with Crippen LogP contribution in [0.1, 0.15) is 103 Å². The summed E-state index contributed by atoms with van der Waals surface area (Å²) < 4.78 is 5.14. The molecule has 1 rings (SSSR count). The third-order valence-electron chi connectivity index (χ3n) is 4.89. The van der Waals surface area contributed by atoms with Crippen molar-refractivity contribution in [2.24, 2.45) is 0 Å². The highest BCUT2D eigenvalue weighted by Gasteiger charge is 2.00. The molecule has 2 heteroatoms. The topological polar surface area (TPSA) is 26.3 Å². The van der Waals surface area contributed by atoms with Gasteiger partial charge in [-0.3, -0.25) is 4.79 Å². The third-order valence-corrected chi connectivity index (χ3v) is 4.89. The SMILES string of the molecule is CCCCCC/C=C\CCCCCCCCCc1cccc(OC(C)=O)c1. The Labute approximate surface area is 167 Å². The first kappa shape index (κ1) is 23.5. The Morgan fingerprint density at radius 1 is 0.852 bits per heavy atom. The fourth-order valence-corrected chi connectivity index (χ4v) is 3.33. The van der Waals surface area contributed by atoms with Gasteiger partial charge in [-0.1, -0.05) is 82.6 Å². The van der Waals surface area contributed by atoms with Crippen LogP contribution in [0.5, 0.6) is 5.75 Å². The van der Waals surface area contributed by atoms with Gasteiger partial charge in [0.05, 0.1) is 0 Å². The second-order valence-electron chi connectivity index (χ2n) is 7.58. The first-order valence-electron chi connectivity index (χ1n) is 11.1. The number of rotatable bonds is 16. The molecular weight excluding hydrogens is 332 g/mol. The van der Waals surface area contributed by atoms with Crippen molar-refractivity contribution in [3.8, 4) is 5.75 Å². The summed E-state index contributed by atoms with van der Waals surface area (Å²) in [7, 11) is 0. The molecule has 0 heterocycles. The summed E-state index contributed by atoms with van der Waals surface area (Å²) >= 11 is 0. The molecule has 0 saturated heterocycles. The van der Waals surface area contributed by atoms with Crippen molar-refractivity contribution in [1.82, 2.24) is 0 Å². The zero-order valence-electron chi connectivity index (χ0n) is 17.7. The van der Waals surface area contributed by atoms with Crippen LogP contribution in [-0.4, -0.2) is 5.97 Å². The summed E-state index contributed by atoms with van der Waals surface area (Å²) in [4.78, 5) is 11.0. The van der Waals surface area contributed by atoms with Crippen LogP contribution in [-0.2, 0) is 11.2 Å². The minimum atomic E-state index is -0.255. The van der Waals surface area contributed by atoms with Crippen LogP contribution in [0.4, 0.5) is 0 Å². The number of ether oxygens (including phenoxy) is 1. The Morgan fingerprint density at radius 3 is 2.07 bits per heavy atom. The van der Waals surface area contributed by atoms with Crippen LogP contribution in [0.25, 0.3) is 0 Å². The molecule has 27 heavy (non-hydrogen) atoms. The molecule has 0 fully saturated rings. The Balaban J connectivity index is 1.92. The van der Waals surface area contributed by atoms with E-state index >= 15 is 0 Å². The molecule has 0 N–H and O–H groups in total. The fourth-order valence-electron chi connectivity index (χ4n) is 3.33. The van der Waals surface area contributed by atoms with E-state index in [4.69, 9.17) is 4.74 Å². The highest BCUT2D eigenvalue weighted by molar-refractivity contribution is 5.69. The van der Waals surface area contributed by atoms with Gasteiger partial charge in [0, 0.05) is 6.92 Å². The van der Waals surface area contributed by atoms with Gasteiger partial charge < -0.3 is 4.74 Å². The largest absolute Gasteiger partial charge is 0.427 e. The molecule has 2 nitrogen and oxygen atoms in total. The van der Waals surface area contributed by atoms with Gasteiger partial charge in [-0.2, -0.15) is 0 Å². The normalized spacial score (nSPS) is 11.2. The van der Waals surface area contributed by atoms with Crippen molar-refractivity contribution in [1.29, 1.82) is 0 Å². The Morgan fingerprint density at radius 2 is 1.44 bits per heavy atom.